The second-order valence-electron chi connectivity index (χ2n) is 9.75. The van der Waals surface area contributed by atoms with Crippen molar-refractivity contribution in [2.24, 2.45) is 0 Å². The highest BCUT2D eigenvalue weighted by molar-refractivity contribution is 8.26. The number of anilines is 1. The Kier molecular flexibility index (Phi) is 8.94. The molecule has 5 rings (SSSR count). The molecule has 12 heteroatoms. The molecule has 2 aliphatic heterocycles. The SMILES string of the molecule is CCn1c(NCCc2ccc(OC)c(OC)c2)c(/C=C2/SC(=S)N(Cc3ccc4c(c3)OCO4)C2=O)c(C)c(C#N)c1=O. The standard InChI is InChI=1S/C31H30N4O6S2/c1-5-34-28(33-11-10-19-6-8-23(38-3)25(12-19)39-4)21(18(2)22(15-32)29(34)36)14-27-30(37)35(31(42)43-27)16-20-7-9-24-26(13-20)41-17-40-24/h6-9,12-14,33H,5,10-11,16-17H2,1-4H3/b27-14+. The van der Waals surface area contributed by atoms with Crippen LogP contribution in [0.5, 0.6) is 23.0 Å². The second kappa shape index (κ2) is 12.8. The lowest BCUT2D eigenvalue weighted by Gasteiger charge is -2.19. The molecule has 0 atom stereocenters. The fourth-order valence-electron chi connectivity index (χ4n) is 5.01. The van der Waals surface area contributed by atoms with Crippen LogP contribution in [0.15, 0.2) is 46.1 Å². The van der Waals surface area contributed by atoms with Crippen LogP contribution in [0, 0.1) is 18.3 Å². The first-order valence-corrected chi connectivity index (χ1v) is 14.8. The summed E-state index contributed by atoms with van der Waals surface area (Å²) in [6, 6.07) is 13.3. The van der Waals surface area contributed by atoms with E-state index >= 15 is 0 Å². The minimum atomic E-state index is -0.386. The van der Waals surface area contributed by atoms with Crippen LogP contribution in [0.25, 0.3) is 6.08 Å². The maximum atomic E-state index is 13.6. The molecule has 0 radical (unpaired) electrons. The molecule has 1 saturated heterocycles. The number of amides is 1. The smallest absolute Gasteiger partial charge is 0.270 e. The first-order valence-electron chi connectivity index (χ1n) is 13.6. The van der Waals surface area contributed by atoms with Gasteiger partial charge in [-0.25, -0.2) is 0 Å². The van der Waals surface area contributed by atoms with Crippen LogP contribution in [0.3, 0.4) is 0 Å². The molecule has 0 unspecified atom stereocenters. The second-order valence-corrected chi connectivity index (χ2v) is 11.4. The summed E-state index contributed by atoms with van der Waals surface area (Å²) in [5.41, 5.74) is 2.59. The van der Waals surface area contributed by atoms with Gasteiger partial charge in [-0.2, -0.15) is 5.26 Å². The topological polar surface area (TPSA) is 115 Å². The van der Waals surface area contributed by atoms with E-state index in [1.54, 1.807) is 27.2 Å². The summed E-state index contributed by atoms with van der Waals surface area (Å²) in [6.07, 6.45) is 2.34. The zero-order valence-corrected chi connectivity index (χ0v) is 25.8. The Hall–Kier alpha value is -4.47. The van der Waals surface area contributed by atoms with Gasteiger partial charge in [-0.3, -0.25) is 19.1 Å². The van der Waals surface area contributed by atoms with Gasteiger partial charge in [0.2, 0.25) is 6.79 Å². The van der Waals surface area contributed by atoms with Crippen molar-refractivity contribution in [3.05, 3.63) is 79.5 Å². The fraction of sp³-hybridized carbons (Fsp3) is 0.290. The van der Waals surface area contributed by atoms with Crippen LogP contribution in [0.4, 0.5) is 5.82 Å². The maximum Gasteiger partial charge on any atom is 0.270 e. The molecule has 222 valence electrons. The number of carbonyl (C=O) groups is 1. The third kappa shape index (κ3) is 5.91. The number of aromatic nitrogens is 1. The lowest BCUT2D eigenvalue weighted by molar-refractivity contribution is -0.122. The quantitative estimate of drug-likeness (QED) is 0.250. The van der Waals surface area contributed by atoms with Crippen molar-refractivity contribution in [2.45, 2.75) is 33.4 Å². The van der Waals surface area contributed by atoms with Crippen LogP contribution >= 0.6 is 24.0 Å². The number of pyridine rings is 1. The zero-order chi connectivity index (χ0) is 30.7. The van der Waals surface area contributed by atoms with Crippen LogP contribution in [-0.4, -0.2) is 47.3 Å². The number of nitrogens with zero attached hydrogens (tertiary/aromatic N) is 3. The van der Waals surface area contributed by atoms with E-state index in [0.717, 1.165) is 11.1 Å². The van der Waals surface area contributed by atoms with E-state index in [-0.39, 0.29) is 30.4 Å². The molecule has 10 nitrogen and oxygen atoms in total. The number of ether oxygens (including phenoxy) is 4. The third-order valence-electron chi connectivity index (χ3n) is 7.27. The van der Waals surface area contributed by atoms with E-state index in [1.807, 2.05) is 43.3 Å². The molecular weight excluding hydrogens is 588 g/mol. The summed E-state index contributed by atoms with van der Waals surface area (Å²) >= 11 is 6.77. The van der Waals surface area contributed by atoms with Gasteiger partial charge in [-0.1, -0.05) is 36.1 Å². The molecule has 0 aliphatic carbocycles. The third-order valence-corrected chi connectivity index (χ3v) is 8.65. The number of hydrogen-bond donors (Lipinski definition) is 1. The summed E-state index contributed by atoms with van der Waals surface area (Å²) in [7, 11) is 3.17. The van der Waals surface area contributed by atoms with Crippen molar-refractivity contribution in [2.75, 3.05) is 32.9 Å². The lowest BCUT2D eigenvalue weighted by Crippen LogP contribution is -2.28. The molecule has 2 aliphatic rings. The highest BCUT2D eigenvalue weighted by atomic mass is 32.2. The van der Waals surface area contributed by atoms with Gasteiger partial charge in [-0.05, 0) is 67.3 Å². The monoisotopic (exact) mass is 618 g/mol. The zero-order valence-electron chi connectivity index (χ0n) is 24.2. The largest absolute Gasteiger partial charge is 0.493 e. The molecule has 1 aromatic heterocycles. The minimum Gasteiger partial charge on any atom is -0.493 e. The van der Waals surface area contributed by atoms with Crippen molar-refractivity contribution in [3.63, 3.8) is 0 Å². The molecule has 1 amide bonds. The van der Waals surface area contributed by atoms with Crippen molar-refractivity contribution in [1.29, 1.82) is 5.26 Å². The van der Waals surface area contributed by atoms with Crippen molar-refractivity contribution in [3.8, 4) is 29.1 Å². The number of nitriles is 1. The molecule has 1 N–H and O–H groups in total. The number of hydrogen-bond acceptors (Lipinski definition) is 10. The number of carbonyl (C=O) groups excluding carboxylic acids is 1. The minimum absolute atomic E-state index is 0.0365. The van der Waals surface area contributed by atoms with E-state index in [2.05, 4.69) is 11.4 Å². The van der Waals surface area contributed by atoms with E-state index in [1.165, 1.54) is 21.2 Å². The van der Waals surface area contributed by atoms with Crippen molar-refractivity contribution in [1.82, 2.24) is 9.47 Å². The number of fused-ring (bicyclic) bond motifs is 1. The highest BCUT2D eigenvalue weighted by Gasteiger charge is 2.33. The average molecular weight is 619 g/mol. The molecule has 0 saturated carbocycles. The first kappa shape index (κ1) is 30.0. The number of thioether (sulfide) groups is 1. The molecule has 3 aromatic rings. The summed E-state index contributed by atoms with van der Waals surface area (Å²) in [5, 5.41) is 13.2. The van der Waals surface area contributed by atoms with Gasteiger partial charge in [0.1, 0.15) is 21.8 Å². The Bertz CT molecular complexity index is 1740. The van der Waals surface area contributed by atoms with E-state index in [9.17, 15) is 14.9 Å². The van der Waals surface area contributed by atoms with Crippen LogP contribution in [-0.2, 0) is 24.3 Å². The Balaban J connectivity index is 1.45. The van der Waals surface area contributed by atoms with Crippen LogP contribution in [0.2, 0.25) is 0 Å². The lowest BCUT2D eigenvalue weighted by atomic mass is 10.0. The number of thiocarbonyl (C=S) groups is 1. The van der Waals surface area contributed by atoms with Gasteiger partial charge in [-0.15, -0.1) is 0 Å². The normalized spacial score (nSPS) is 14.8. The van der Waals surface area contributed by atoms with Gasteiger partial charge >= 0.3 is 0 Å². The van der Waals surface area contributed by atoms with Crippen molar-refractivity contribution >= 4 is 46.1 Å². The Morgan fingerprint density at radius 2 is 1.84 bits per heavy atom. The van der Waals surface area contributed by atoms with Crippen LogP contribution in [0.1, 0.15) is 34.7 Å². The predicted octanol–water partition coefficient (Wildman–Crippen LogP) is 4.85. The maximum absolute atomic E-state index is 13.6. The Morgan fingerprint density at radius 3 is 2.56 bits per heavy atom. The summed E-state index contributed by atoms with van der Waals surface area (Å²) in [4.78, 5) is 28.8. The van der Waals surface area contributed by atoms with Gasteiger partial charge in [0.05, 0.1) is 25.7 Å². The molecule has 0 spiro atoms. The number of benzene rings is 2. The van der Waals surface area contributed by atoms with Gasteiger partial charge in [0.15, 0.2) is 23.0 Å². The van der Waals surface area contributed by atoms with E-state index in [4.69, 9.17) is 31.2 Å². The van der Waals surface area contributed by atoms with E-state index < -0.39 is 0 Å². The molecule has 0 bridgehead atoms. The summed E-state index contributed by atoms with van der Waals surface area (Å²) < 4.78 is 23.6. The number of rotatable bonds is 10. The summed E-state index contributed by atoms with van der Waals surface area (Å²) in [5.74, 6) is 2.84. The van der Waals surface area contributed by atoms with E-state index in [0.29, 0.717) is 68.7 Å². The predicted molar refractivity (Wildman–Crippen MR) is 169 cm³/mol. The molecule has 2 aromatic carbocycles. The molecular formula is C31H30N4O6S2. The number of methoxy groups -OCH3 is 2. The Morgan fingerprint density at radius 1 is 1.09 bits per heavy atom. The Labute approximate surface area is 258 Å². The number of nitrogens with one attached hydrogen (secondary N) is 1. The van der Waals surface area contributed by atoms with Gasteiger partial charge in [0.25, 0.3) is 11.5 Å². The van der Waals surface area contributed by atoms with Crippen molar-refractivity contribution < 1.29 is 23.7 Å². The molecule has 3 heterocycles. The highest BCUT2D eigenvalue weighted by Crippen LogP contribution is 2.38. The fourth-order valence-corrected chi connectivity index (χ4v) is 6.24. The van der Waals surface area contributed by atoms with Gasteiger partial charge in [0, 0.05) is 18.7 Å². The average Bonchev–Trinajstić information content (AvgIpc) is 3.58. The molecule has 1 fully saturated rings. The first-order chi connectivity index (χ1) is 20.8. The van der Waals surface area contributed by atoms with Gasteiger partial charge < -0.3 is 24.3 Å². The summed E-state index contributed by atoms with van der Waals surface area (Å²) in [6.45, 7) is 4.80. The van der Waals surface area contributed by atoms with Crippen LogP contribution < -0.4 is 29.8 Å². The molecule has 43 heavy (non-hydrogen) atoms.